The van der Waals surface area contributed by atoms with Crippen molar-refractivity contribution in [2.24, 2.45) is 11.3 Å². The first-order chi connectivity index (χ1) is 18.8. The lowest BCUT2D eigenvalue weighted by Crippen LogP contribution is -2.61. The fourth-order valence-electron chi connectivity index (χ4n) is 4.69. The molecule has 0 unspecified atom stereocenters. The lowest BCUT2D eigenvalue weighted by molar-refractivity contribution is -0.140. The Kier molecular flexibility index (Phi) is 13.6. The van der Waals surface area contributed by atoms with Crippen molar-refractivity contribution in [2.45, 2.75) is 85.4 Å². The van der Waals surface area contributed by atoms with Crippen molar-refractivity contribution in [3.05, 3.63) is 47.5 Å². The molecule has 0 bridgehead atoms. The number of hydrogen-bond acceptors (Lipinski definition) is 7. The van der Waals surface area contributed by atoms with Gasteiger partial charge >= 0.3 is 0 Å². The van der Waals surface area contributed by atoms with Gasteiger partial charge in [-0.25, -0.2) is 13.1 Å². The average Bonchev–Trinajstić information content (AvgIpc) is 2.87. The van der Waals surface area contributed by atoms with Crippen LogP contribution in [0.25, 0.3) is 0 Å². The molecule has 0 fully saturated rings. The van der Waals surface area contributed by atoms with Crippen molar-refractivity contribution in [1.82, 2.24) is 20.3 Å². The van der Waals surface area contributed by atoms with Crippen molar-refractivity contribution in [1.29, 1.82) is 0 Å². The first kappa shape index (κ1) is 36.7. The summed E-state index contributed by atoms with van der Waals surface area (Å²) in [4.78, 5) is 41.8. The van der Waals surface area contributed by atoms with Crippen LogP contribution < -0.4 is 15.4 Å². The molecule has 1 rings (SSSR count). The van der Waals surface area contributed by atoms with Gasteiger partial charge in [0.25, 0.3) is 5.91 Å². The highest BCUT2D eigenvalue weighted by Gasteiger charge is 2.41. The molecular weight excluding hydrogens is 560 g/mol. The Labute approximate surface area is 252 Å². The van der Waals surface area contributed by atoms with Crippen LogP contribution in [0.5, 0.6) is 0 Å². The summed E-state index contributed by atoms with van der Waals surface area (Å²) in [6.07, 6.45) is 1.92. The number of carbonyl (C=O) groups is 3. The first-order valence-corrected chi connectivity index (χ1v) is 16.2. The molecule has 0 saturated carbocycles. The zero-order chi connectivity index (χ0) is 31.8. The van der Waals surface area contributed by atoms with Gasteiger partial charge in [0.05, 0.1) is 17.8 Å². The summed E-state index contributed by atoms with van der Waals surface area (Å²) in [5.74, 6) is -1.29. The zero-order valence-electron chi connectivity index (χ0n) is 26.2. The van der Waals surface area contributed by atoms with Crippen LogP contribution >= 0.6 is 12.6 Å². The number of carbonyl (C=O) groups excluding carboxylic acids is 3. The second kappa shape index (κ2) is 15.2. The third-order valence-corrected chi connectivity index (χ3v) is 8.90. The topological polar surface area (TPSA) is 125 Å². The number of rotatable bonds is 14. The highest BCUT2D eigenvalue weighted by molar-refractivity contribution is 7.90. The van der Waals surface area contributed by atoms with E-state index in [0.29, 0.717) is 12.2 Å². The molecule has 0 aliphatic rings. The predicted molar refractivity (Wildman–Crippen MR) is 169 cm³/mol. The maximum absolute atomic E-state index is 14.0. The molecular formula is C30H50N4O5S2. The number of hydrogen-bond donors (Lipinski definition) is 4. The molecule has 232 valence electrons. The molecule has 3 amide bonds. The molecule has 1 aromatic carbocycles. The molecule has 0 heterocycles. The molecule has 0 saturated heterocycles. The number of amides is 3. The largest absolute Gasteiger partial charge is 0.342 e. The van der Waals surface area contributed by atoms with Gasteiger partial charge in [-0.15, -0.1) is 0 Å². The number of benzene rings is 1. The van der Waals surface area contributed by atoms with E-state index in [0.717, 1.165) is 5.56 Å². The molecule has 0 aromatic heterocycles. The van der Waals surface area contributed by atoms with Crippen molar-refractivity contribution >= 4 is 40.4 Å². The van der Waals surface area contributed by atoms with Crippen LogP contribution in [-0.2, 0) is 29.8 Å². The number of nitrogens with zero attached hydrogens (tertiary/aromatic N) is 1. The summed E-state index contributed by atoms with van der Waals surface area (Å²) in [5, 5.41) is 6.14. The highest BCUT2D eigenvalue weighted by Crippen LogP contribution is 2.29. The van der Waals surface area contributed by atoms with Gasteiger partial charge in [-0.05, 0) is 43.0 Å². The Morgan fingerprint density at radius 3 is 2.05 bits per heavy atom. The molecule has 3 N–H and O–H groups in total. The van der Waals surface area contributed by atoms with E-state index in [2.05, 4.69) is 28.0 Å². The molecule has 1 aromatic rings. The number of nitrogens with one attached hydrogen (secondary N) is 3. The highest BCUT2D eigenvalue weighted by atomic mass is 32.2. The minimum absolute atomic E-state index is 0.106. The standard InChI is InChI=1S/C30H50N4O5S2/c1-20(2)23(19-21(3)26(35)33-41(38,39)18-14-17-40)34(10)28(37)25(29(4,5)6)32-27(36)24(31-9)30(7,8)22-15-12-11-13-16-22/h11-13,15-16,19-20,23-25,31,40H,14,17-18H2,1-10H3,(H,32,36)(H,33,35)/b21-19+/t23-,24-,25-/m1/s1. The average molecular weight is 611 g/mol. The second-order valence-corrected chi connectivity index (χ2v) is 14.8. The fourth-order valence-corrected chi connectivity index (χ4v) is 6.13. The molecule has 11 heteroatoms. The molecule has 0 spiro atoms. The van der Waals surface area contributed by atoms with Gasteiger partial charge in [0.1, 0.15) is 6.04 Å². The van der Waals surface area contributed by atoms with Gasteiger partial charge in [0.2, 0.25) is 21.8 Å². The van der Waals surface area contributed by atoms with Crippen LogP contribution in [-0.4, -0.2) is 74.8 Å². The summed E-state index contributed by atoms with van der Waals surface area (Å²) < 4.78 is 26.5. The molecule has 3 atom stereocenters. The van der Waals surface area contributed by atoms with Crippen LogP contribution in [0.3, 0.4) is 0 Å². The van der Waals surface area contributed by atoms with Gasteiger partial charge in [0.15, 0.2) is 0 Å². The van der Waals surface area contributed by atoms with Crippen molar-refractivity contribution < 1.29 is 22.8 Å². The quantitative estimate of drug-likeness (QED) is 0.189. The number of sulfonamides is 1. The van der Waals surface area contributed by atoms with Gasteiger partial charge in [0, 0.05) is 18.0 Å². The third kappa shape index (κ3) is 10.4. The second-order valence-electron chi connectivity index (χ2n) is 12.5. The van der Waals surface area contributed by atoms with Gasteiger partial charge in [-0.2, -0.15) is 12.6 Å². The number of likely N-dealkylation sites (N-methyl/N-ethyl adjacent to an activating group) is 2. The van der Waals surface area contributed by atoms with Gasteiger partial charge < -0.3 is 15.5 Å². The van der Waals surface area contributed by atoms with E-state index in [-0.39, 0.29) is 29.1 Å². The van der Waals surface area contributed by atoms with Crippen molar-refractivity contribution in [3.63, 3.8) is 0 Å². The lowest BCUT2D eigenvalue weighted by atomic mass is 9.76. The van der Waals surface area contributed by atoms with E-state index in [1.807, 2.05) is 78.8 Å². The van der Waals surface area contributed by atoms with Crippen LogP contribution in [0.2, 0.25) is 0 Å². The Balaban J connectivity index is 3.28. The minimum Gasteiger partial charge on any atom is -0.342 e. The van der Waals surface area contributed by atoms with Crippen LogP contribution in [0, 0.1) is 11.3 Å². The summed E-state index contributed by atoms with van der Waals surface area (Å²) >= 11 is 4.02. The zero-order valence-corrected chi connectivity index (χ0v) is 27.9. The summed E-state index contributed by atoms with van der Waals surface area (Å²) in [6, 6.07) is 7.71. The van der Waals surface area contributed by atoms with Crippen LogP contribution in [0.15, 0.2) is 42.0 Å². The SMILES string of the molecule is CN[C@H](C(=O)N[C@H](C(=O)N(C)[C@H](/C=C(\C)C(=O)NS(=O)(=O)CCCS)C(C)C)C(C)(C)C)C(C)(C)c1ccccc1. The Morgan fingerprint density at radius 1 is 1.02 bits per heavy atom. The summed E-state index contributed by atoms with van der Waals surface area (Å²) in [6.45, 7) is 14.9. The van der Waals surface area contributed by atoms with Crippen molar-refractivity contribution in [2.75, 3.05) is 25.6 Å². The minimum atomic E-state index is -3.79. The molecule has 0 radical (unpaired) electrons. The molecule has 0 aliphatic heterocycles. The predicted octanol–water partition coefficient (Wildman–Crippen LogP) is 3.28. The maximum Gasteiger partial charge on any atom is 0.260 e. The van der Waals surface area contributed by atoms with Gasteiger partial charge in [-0.1, -0.05) is 84.9 Å². The summed E-state index contributed by atoms with van der Waals surface area (Å²) in [7, 11) is -0.438. The molecule has 41 heavy (non-hydrogen) atoms. The Bertz CT molecular complexity index is 1180. The lowest BCUT2D eigenvalue weighted by Gasteiger charge is -2.40. The molecule has 0 aliphatic carbocycles. The van der Waals surface area contributed by atoms with E-state index in [4.69, 9.17) is 0 Å². The monoisotopic (exact) mass is 610 g/mol. The van der Waals surface area contributed by atoms with E-state index in [9.17, 15) is 22.8 Å². The van der Waals surface area contributed by atoms with E-state index < -0.39 is 44.9 Å². The van der Waals surface area contributed by atoms with E-state index in [1.54, 1.807) is 20.2 Å². The molecule has 9 nitrogen and oxygen atoms in total. The van der Waals surface area contributed by atoms with Gasteiger partial charge in [-0.3, -0.25) is 14.4 Å². The maximum atomic E-state index is 14.0. The Hall–Kier alpha value is -2.37. The van der Waals surface area contributed by atoms with Crippen LogP contribution in [0.1, 0.15) is 67.4 Å². The van der Waals surface area contributed by atoms with E-state index >= 15 is 0 Å². The summed E-state index contributed by atoms with van der Waals surface area (Å²) in [5.41, 5.74) is -0.0431. The smallest absolute Gasteiger partial charge is 0.260 e. The van der Waals surface area contributed by atoms with Crippen LogP contribution in [0.4, 0.5) is 0 Å². The fraction of sp³-hybridized carbons (Fsp3) is 0.633. The first-order valence-electron chi connectivity index (χ1n) is 13.9. The Morgan fingerprint density at radius 2 is 1.59 bits per heavy atom. The van der Waals surface area contributed by atoms with Crippen molar-refractivity contribution in [3.8, 4) is 0 Å². The number of thiol groups is 1. The third-order valence-electron chi connectivity index (χ3n) is 7.27. The van der Waals surface area contributed by atoms with E-state index in [1.165, 1.54) is 11.8 Å². The normalized spacial score (nSPS) is 15.2.